The summed E-state index contributed by atoms with van der Waals surface area (Å²) in [6.07, 6.45) is 1.63. The van der Waals surface area contributed by atoms with Crippen LogP contribution in [-0.4, -0.2) is 42.8 Å². The third kappa shape index (κ3) is 2.59. The van der Waals surface area contributed by atoms with Crippen LogP contribution in [0.5, 0.6) is 0 Å². The van der Waals surface area contributed by atoms with E-state index in [0.717, 1.165) is 11.8 Å². The summed E-state index contributed by atoms with van der Waals surface area (Å²) in [6.45, 7) is 0.343. The van der Waals surface area contributed by atoms with Gasteiger partial charge in [0.05, 0.1) is 18.3 Å². The zero-order valence-corrected chi connectivity index (χ0v) is 10.4. The van der Waals surface area contributed by atoms with E-state index in [-0.39, 0.29) is 11.5 Å². The van der Waals surface area contributed by atoms with Crippen molar-refractivity contribution in [2.75, 3.05) is 7.05 Å². The van der Waals surface area contributed by atoms with Crippen molar-refractivity contribution in [3.05, 3.63) is 39.8 Å². The third-order valence-corrected chi connectivity index (χ3v) is 2.65. The van der Waals surface area contributed by atoms with Crippen molar-refractivity contribution >= 4 is 11.7 Å². The monoisotopic (exact) mass is 264 g/mol. The lowest BCUT2D eigenvalue weighted by atomic mass is 10.3. The summed E-state index contributed by atoms with van der Waals surface area (Å²) in [4.78, 5) is 23.3. The van der Waals surface area contributed by atoms with Gasteiger partial charge in [-0.15, -0.1) is 5.10 Å². The first kappa shape index (κ1) is 12.7. The van der Waals surface area contributed by atoms with Gasteiger partial charge in [-0.2, -0.15) is 5.10 Å². The highest BCUT2D eigenvalue weighted by molar-refractivity contribution is 5.92. The summed E-state index contributed by atoms with van der Waals surface area (Å²) >= 11 is 0. The molecule has 2 rings (SSSR count). The van der Waals surface area contributed by atoms with Crippen LogP contribution in [0.15, 0.2) is 18.3 Å². The van der Waals surface area contributed by atoms with Crippen LogP contribution in [-0.2, 0) is 13.6 Å². The topological polar surface area (TPSA) is 110 Å². The Morgan fingerprint density at radius 1 is 1.63 bits per heavy atom. The number of nitrogens with zero attached hydrogens (tertiary/aromatic N) is 5. The van der Waals surface area contributed by atoms with E-state index in [9.17, 15) is 14.9 Å². The van der Waals surface area contributed by atoms with Crippen LogP contribution < -0.4 is 0 Å². The lowest BCUT2D eigenvalue weighted by Gasteiger charge is -2.15. The molecule has 0 saturated heterocycles. The van der Waals surface area contributed by atoms with Crippen LogP contribution in [0.2, 0.25) is 0 Å². The standard InChI is InChI=1S/C10H12N6O3/c1-14(6-7-3-4-11-15(7)2)10(17)8-5-9(13-12-8)16(18)19/h3-5H,6H2,1-2H3,(H,12,13). The third-order valence-electron chi connectivity index (χ3n) is 2.65. The number of amides is 1. The molecule has 0 aliphatic rings. The Kier molecular flexibility index (Phi) is 3.27. The summed E-state index contributed by atoms with van der Waals surface area (Å²) in [5.74, 6) is -0.706. The molecule has 0 aliphatic carbocycles. The zero-order chi connectivity index (χ0) is 14.0. The zero-order valence-electron chi connectivity index (χ0n) is 10.4. The van der Waals surface area contributed by atoms with E-state index >= 15 is 0 Å². The fourth-order valence-electron chi connectivity index (χ4n) is 1.58. The number of aromatic nitrogens is 4. The smallest absolute Gasteiger partial charge is 0.343 e. The minimum Gasteiger partial charge on any atom is -0.358 e. The minimum absolute atomic E-state index is 0.0105. The molecule has 0 radical (unpaired) electrons. The quantitative estimate of drug-likeness (QED) is 0.631. The van der Waals surface area contributed by atoms with E-state index in [0.29, 0.717) is 6.54 Å². The molecule has 2 aromatic heterocycles. The molecule has 0 saturated carbocycles. The highest BCUT2D eigenvalue weighted by Crippen LogP contribution is 2.11. The summed E-state index contributed by atoms with van der Waals surface area (Å²) in [6, 6.07) is 2.90. The molecule has 1 amide bonds. The van der Waals surface area contributed by atoms with E-state index in [1.807, 2.05) is 0 Å². The normalized spacial score (nSPS) is 10.4. The number of hydrogen-bond acceptors (Lipinski definition) is 5. The minimum atomic E-state index is -0.634. The van der Waals surface area contributed by atoms with Gasteiger partial charge in [-0.3, -0.25) is 9.48 Å². The van der Waals surface area contributed by atoms with E-state index in [1.54, 1.807) is 31.0 Å². The van der Waals surface area contributed by atoms with Crippen molar-refractivity contribution in [2.24, 2.45) is 7.05 Å². The van der Waals surface area contributed by atoms with Gasteiger partial charge in [0.2, 0.25) is 0 Å². The molecule has 0 aromatic carbocycles. The van der Waals surface area contributed by atoms with Gasteiger partial charge < -0.3 is 15.0 Å². The number of nitrogens with one attached hydrogen (secondary N) is 1. The highest BCUT2D eigenvalue weighted by Gasteiger charge is 2.20. The summed E-state index contributed by atoms with van der Waals surface area (Å²) in [5, 5.41) is 20.3. The molecule has 2 aromatic rings. The van der Waals surface area contributed by atoms with Gasteiger partial charge in [0, 0.05) is 20.3 Å². The molecule has 100 valence electrons. The molecule has 0 unspecified atom stereocenters. The highest BCUT2D eigenvalue weighted by atomic mass is 16.6. The van der Waals surface area contributed by atoms with Crippen LogP contribution in [0.4, 0.5) is 5.82 Å². The summed E-state index contributed by atoms with van der Waals surface area (Å²) in [7, 11) is 3.36. The SMILES string of the molecule is CN(Cc1ccnn1C)C(=O)c1cc([N+](=O)[O-])[nH]n1. The molecular weight excluding hydrogens is 252 g/mol. The molecule has 0 aliphatic heterocycles. The lowest BCUT2D eigenvalue weighted by Crippen LogP contribution is -2.27. The molecule has 0 spiro atoms. The Balaban J connectivity index is 2.10. The Morgan fingerprint density at radius 2 is 2.37 bits per heavy atom. The predicted octanol–water partition coefficient (Wildman–Crippen LogP) is 0.324. The Bertz CT molecular complexity index is 616. The van der Waals surface area contributed by atoms with Gasteiger partial charge in [-0.1, -0.05) is 5.10 Å². The summed E-state index contributed by atoms with van der Waals surface area (Å²) < 4.78 is 1.65. The van der Waals surface area contributed by atoms with Gasteiger partial charge in [0.1, 0.15) is 0 Å². The molecular formula is C10H12N6O3. The number of hydrogen-bond donors (Lipinski definition) is 1. The average Bonchev–Trinajstić information content (AvgIpc) is 2.98. The fourth-order valence-corrected chi connectivity index (χ4v) is 1.58. The summed E-state index contributed by atoms with van der Waals surface area (Å²) in [5.41, 5.74) is 0.859. The Labute approximate surface area is 108 Å². The number of aromatic amines is 1. The number of aryl methyl sites for hydroxylation is 1. The molecule has 0 fully saturated rings. The van der Waals surface area contributed by atoms with Crippen LogP contribution in [0, 0.1) is 10.1 Å². The number of rotatable bonds is 4. The second kappa shape index (κ2) is 4.88. The van der Waals surface area contributed by atoms with Crippen LogP contribution in [0.3, 0.4) is 0 Å². The van der Waals surface area contributed by atoms with E-state index < -0.39 is 10.8 Å². The molecule has 9 heteroatoms. The Hall–Kier alpha value is -2.71. The molecule has 2 heterocycles. The molecule has 0 atom stereocenters. The van der Waals surface area contributed by atoms with Gasteiger partial charge in [-0.25, -0.2) is 0 Å². The van der Waals surface area contributed by atoms with Crippen LogP contribution >= 0.6 is 0 Å². The van der Waals surface area contributed by atoms with Crippen LogP contribution in [0.25, 0.3) is 0 Å². The van der Waals surface area contributed by atoms with Gasteiger partial charge in [0.25, 0.3) is 5.91 Å². The molecule has 19 heavy (non-hydrogen) atoms. The first-order chi connectivity index (χ1) is 8.99. The maximum absolute atomic E-state index is 12.0. The van der Waals surface area contributed by atoms with E-state index in [2.05, 4.69) is 15.3 Å². The number of carbonyl (C=O) groups is 1. The Morgan fingerprint density at radius 3 is 2.89 bits per heavy atom. The fraction of sp³-hybridized carbons (Fsp3) is 0.300. The predicted molar refractivity (Wildman–Crippen MR) is 64.2 cm³/mol. The van der Waals surface area contributed by atoms with E-state index in [4.69, 9.17) is 0 Å². The molecule has 9 nitrogen and oxygen atoms in total. The maximum atomic E-state index is 12.0. The lowest BCUT2D eigenvalue weighted by molar-refractivity contribution is -0.389. The number of H-pyrrole nitrogens is 1. The second-order valence-corrected chi connectivity index (χ2v) is 4.00. The first-order valence-electron chi connectivity index (χ1n) is 5.41. The van der Waals surface area contributed by atoms with Crippen molar-refractivity contribution in [3.8, 4) is 0 Å². The van der Waals surface area contributed by atoms with Crippen molar-refractivity contribution in [1.82, 2.24) is 24.9 Å². The van der Waals surface area contributed by atoms with Crippen molar-refractivity contribution in [1.29, 1.82) is 0 Å². The first-order valence-corrected chi connectivity index (χ1v) is 5.41. The number of nitro groups is 1. The largest absolute Gasteiger partial charge is 0.358 e. The van der Waals surface area contributed by atoms with Crippen molar-refractivity contribution in [3.63, 3.8) is 0 Å². The van der Waals surface area contributed by atoms with Crippen molar-refractivity contribution in [2.45, 2.75) is 6.54 Å². The van der Waals surface area contributed by atoms with E-state index in [1.165, 1.54) is 4.90 Å². The van der Waals surface area contributed by atoms with Gasteiger partial charge >= 0.3 is 5.82 Å². The van der Waals surface area contributed by atoms with Gasteiger partial charge in [0.15, 0.2) is 5.69 Å². The average molecular weight is 264 g/mol. The molecule has 0 bridgehead atoms. The maximum Gasteiger partial charge on any atom is 0.343 e. The van der Waals surface area contributed by atoms with Crippen LogP contribution in [0.1, 0.15) is 16.2 Å². The molecule has 1 N–H and O–H groups in total. The number of carbonyl (C=O) groups excluding carboxylic acids is 1. The van der Waals surface area contributed by atoms with Crippen molar-refractivity contribution < 1.29 is 9.72 Å². The second-order valence-electron chi connectivity index (χ2n) is 4.00. The van der Waals surface area contributed by atoms with Gasteiger partial charge in [-0.05, 0) is 11.0 Å².